The summed E-state index contributed by atoms with van der Waals surface area (Å²) in [5.74, 6) is -0.783. The van der Waals surface area contributed by atoms with Crippen molar-refractivity contribution in [2.24, 2.45) is 10.9 Å². The molecule has 0 aliphatic rings. The number of halogens is 2. The maximum Gasteiger partial charge on any atom is 0.253 e. The van der Waals surface area contributed by atoms with E-state index in [1.807, 2.05) is 0 Å². The fourth-order valence-corrected chi connectivity index (χ4v) is 1.53. The van der Waals surface area contributed by atoms with Crippen LogP contribution in [0.1, 0.15) is 16.8 Å². The van der Waals surface area contributed by atoms with Crippen molar-refractivity contribution in [1.82, 2.24) is 4.90 Å². The van der Waals surface area contributed by atoms with Crippen LogP contribution in [0.4, 0.5) is 4.39 Å². The van der Waals surface area contributed by atoms with Gasteiger partial charge in [-0.2, -0.15) is 0 Å². The first-order chi connectivity index (χ1) is 8.45. The highest BCUT2D eigenvalue weighted by atomic mass is 79.9. The predicted molar refractivity (Wildman–Crippen MR) is 69.1 cm³/mol. The molecule has 0 aliphatic heterocycles. The van der Waals surface area contributed by atoms with Gasteiger partial charge < -0.3 is 15.8 Å². The zero-order valence-electron chi connectivity index (χ0n) is 9.73. The molecule has 0 aromatic heterocycles. The molecule has 0 spiro atoms. The maximum absolute atomic E-state index is 13.3. The number of carbonyl (C=O) groups excluding carboxylic acids is 1. The highest BCUT2D eigenvalue weighted by molar-refractivity contribution is 9.10. The molecule has 7 heteroatoms. The fourth-order valence-electron chi connectivity index (χ4n) is 1.28. The van der Waals surface area contributed by atoms with Gasteiger partial charge >= 0.3 is 0 Å². The number of carbonyl (C=O) groups is 1. The van der Waals surface area contributed by atoms with Crippen molar-refractivity contribution in [3.8, 4) is 0 Å². The number of amidine groups is 1. The van der Waals surface area contributed by atoms with Gasteiger partial charge in [0, 0.05) is 25.6 Å². The monoisotopic (exact) mass is 317 g/mol. The summed E-state index contributed by atoms with van der Waals surface area (Å²) in [6.07, 6.45) is 0.248. The third-order valence-corrected chi connectivity index (χ3v) is 2.99. The molecule has 0 aliphatic carbocycles. The van der Waals surface area contributed by atoms with Gasteiger partial charge in [-0.15, -0.1) is 0 Å². The number of rotatable bonds is 4. The lowest BCUT2D eigenvalue weighted by atomic mass is 10.2. The van der Waals surface area contributed by atoms with E-state index in [0.29, 0.717) is 4.47 Å². The average Bonchev–Trinajstić information content (AvgIpc) is 2.37. The van der Waals surface area contributed by atoms with Crippen LogP contribution in [0, 0.1) is 5.82 Å². The molecule has 0 heterocycles. The van der Waals surface area contributed by atoms with Crippen molar-refractivity contribution < 1.29 is 14.4 Å². The first-order valence-corrected chi connectivity index (χ1v) is 5.92. The van der Waals surface area contributed by atoms with Gasteiger partial charge in [-0.3, -0.25) is 4.79 Å². The summed E-state index contributed by atoms with van der Waals surface area (Å²) in [6, 6.07) is 4.15. The summed E-state index contributed by atoms with van der Waals surface area (Å²) in [5.41, 5.74) is 5.55. The Bertz CT molecular complexity index is 479. The van der Waals surface area contributed by atoms with E-state index < -0.39 is 5.82 Å². The van der Waals surface area contributed by atoms with Gasteiger partial charge in [-0.25, -0.2) is 4.39 Å². The van der Waals surface area contributed by atoms with E-state index in [1.54, 1.807) is 7.05 Å². The number of oxime groups is 1. The Labute approximate surface area is 112 Å². The molecule has 0 bridgehead atoms. The van der Waals surface area contributed by atoms with Crippen molar-refractivity contribution in [1.29, 1.82) is 0 Å². The van der Waals surface area contributed by atoms with Crippen LogP contribution in [0.15, 0.2) is 27.8 Å². The van der Waals surface area contributed by atoms with Crippen molar-refractivity contribution in [3.05, 3.63) is 34.1 Å². The molecule has 0 saturated carbocycles. The highest BCUT2D eigenvalue weighted by Gasteiger charge is 2.13. The van der Waals surface area contributed by atoms with Gasteiger partial charge in [0.1, 0.15) is 11.7 Å². The second kappa shape index (κ2) is 6.34. The molecule has 0 radical (unpaired) electrons. The van der Waals surface area contributed by atoms with Crippen molar-refractivity contribution in [2.75, 3.05) is 13.6 Å². The van der Waals surface area contributed by atoms with Crippen LogP contribution in [0.25, 0.3) is 0 Å². The molecule has 0 atom stereocenters. The van der Waals surface area contributed by atoms with E-state index >= 15 is 0 Å². The molecule has 1 aromatic carbocycles. The van der Waals surface area contributed by atoms with Crippen molar-refractivity contribution >= 4 is 27.7 Å². The third-order valence-electron chi connectivity index (χ3n) is 2.35. The van der Waals surface area contributed by atoms with E-state index in [1.165, 1.54) is 17.0 Å². The molecule has 98 valence electrons. The number of benzene rings is 1. The molecule has 1 amide bonds. The summed E-state index contributed by atoms with van der Waals surface area (Å²) >= 11 is 3.01. The van der Waals surface area contributed by atoms with Gasteiger partial charge in [-0.05, 0) is 34.1 Å². The lowest BCUT2D eigenvalue weighted by Gasteiger charge is -2.16. The minimum Gasteiger partial charge on any atom is -0.409 e. The van der Waals surface area contributed by atoms with E-state index in [-0.39, 0.29) is 30.3 Å². The Morgan fingerprint density at radius 1 is 1.61 bits per heavy atom. The summed E-state index contributed by atoms with van der Waals surface area (Å²) in [4.78, 5) is 13.3. The van der Waals surface area contributed by atoms with Gasteiger partial charge in [0.05, 0.1) is 4.47 Å². The normalized spacial score (nSPS) is 11.4. The topological polar surface area (TPSA) is 78.9 Å². The Balaban J connectivity index is 2.71. The van der Waals surface area contributed by atoms with Gasteiger partial charge in [0.15, 0.2) is 0 Å². The number of amides is 1. The van der Waals surface area contributed by atoms with Crippen LogP contribution < -0.4 is 5.73 Å². The molecule has 1 aromatic rings. The summed E-state index contributed by atoms with van der Waals surface area (Å²) in [6.45, 7) is 0.284. The predicted octanol–water partition coefficient (Wildman–Crippen LogP) is 1.80. The lowest BCUT2D eigenvalue weighted by Crippen LogP contribution is -2.30. The summed E-state index contributed by atoms with van der Waals surface area (Å²) in [5, 5.41) is 11.2. The van der Waals surface area contributed by atoms with Gasteiger partial charge in [-0.1, -0.05) is 5.16 Å². The summed E-state index contributed by atoms with van der Waals surface area (Å²) < 4.78 is 13.6. The van der Waals surface area contributed by atoms with Crippen LogP contribution in [0.2, 0.25) is 0 Å². The molecule has 18 heavy (non-hydrogen) atoms. The van der Waals surface area contributed by atoms with E-state index in [9.17, 15) is 9.18 Å². The smallest absolute Gasteiger partial charge is 0.253 e. The van der Waals surface area contributed by atoms with E-state index in [2.05, 4.69) is 21.1 Å². The highest BCUT2D eigenvalue weighted by Crippen LogP contribution is 2.17. The Morgan fingerprint density at radius 2 is 2.28 bits per heavy atom. The second-order valence-corrected chi connectivity index (χ2v) is 4.55. The minimum absolute atomic E-state index is 0.0386. The fraction of sp³-hybridized carbons (Fsp3) is 0.273. The molecule has 1 rings (SSSR count). The Hall–Kier alpha value is -1.63. The van der Waals surface area contributed by atoms with Gasteiger partial charge in [0.25, 0.3) is 5.91 Å². The molecular formula is C11H13BrFN3O2. The minimum atomic E-state index is -0.495. The SMILES string of the molecule is CN(CCC(N)=NO)C(=O)c1ccc(Br)c(F)c1. The van der Waals surface area contributed by atoms with Crippen LogP contribution in [-0.4, -0.2) is 35.4 Å². The maximum atomic E-state index is 13.3. The number of hydrogen-bond acceptors (Lipinski definition) is 3. The molecule has 0 fully saturated rings. The van der Waals surface area contributed by atoms with Crippen molar-refractivity contribution in [2.45, 2.75) is 6.42 Å². The van der Waals surface area contributed by atoms with Crippen LogP contribution in [0.5, 0.6) is 0 Å². The quantitative estimate of drug-likeness (QED) is 0.384. The molecule has 3 N–H and O–H groups in total. The number of nitrogens with two attached hydrogens (primary N) is 1. The van der Waals surface area contributed by atoms with E-state index in [0.717, 1.165) is 6.07 Å². The first kappa shape index (κ1) is 14.4. The van der Waals surface area contributed by atoms with Gasteiger partial charge in [0.2, 0.25) is 0 Å². The first-order valence-electron chi connectivity index (χ1n) is 5.12. The Kier molecular flexibility index (Phi) is 5.08. The molecular weight excluding hydrogens is 305 g/mol. The largest absolute Gasteiger partial charge is 0.409 e. The van der Waals surface area contributed by atoms with Crippen LogP contribution in [0.3, 0.4) is 0 Å². The molecule has 0 unspecified atom stereocenters. The summed E-state index contributed by atoms with van der Waals surface area (Å²) in [7, 11) is 1.56. The second-order valence-electron chi connectivity index (χ2n) is 3.70. The van der Waals surface area contributed by atoms with Crippen LogP contribution >= 0.6 is 15.9 Å². The Morgan fingerprint density at radius 3 is 2.83 bits per heavy atom. The number of hydrogen-bond donors (Lipinski definition) is 2. The molecule has 5 nitrogen and oxygen atoms in total. The van der Waals surface area contributed by atoms with Crippen molar-refractivity contribution in [3.63, 3.8) is 0 Å². The molecule has 0 saturated heterocycles. The van der Waals surface area contributed by atoms with Crippen LogP contribution in [-0.2, 0) is 0 Å². The third kappa shape index (κ3) is 3.69. The average molecular weight is 318 g/mol. The van der Waals surface area contributed by atoms with E-state index in [4.69, 9.17) is 10.9 Å². The number of nitrogens with zero attached hydrogens (tertiary/aromatic N) is 2. The zero-order valence-corrected chi connectivity index (χ0v) is 11.3. The standard InChI is InChI=1S/C11H13BrFN3O2/c1-16(5-4-10(14)15-18)11(17)7-2-3-8(12)9(13)6-7/h2-3,6,18H,4-5H2,1H3,(H2,14,15). The zero-order chi connectivity index (χ0) is 13.7. The lowest BCUT2D eigenvalue weighted by molar-refractivity contribution is 0.0798.